The average molecular weight is 376 g/mol. The molecule has 3 aromatic carbocycles. The number of likely N-dealkylation sites (N-methyl/N-ethyl adjacent to an activating group) is 1. The fourth-order valence-corrected chi connectivity index (χ4v) is 2.66. The summed E-state index contributed by atoms with van der Waals surface area (Å²) in [6.45, 7) is 0.676. The minimum atomic E-state index is -0.412. The van der Waals surface area contributed by atoms with Crippen LogP contribution in [0.4, 0.5) is 22.7 Å². The number of hydrogen-bond donors (Lipinski definition) is 1. The lowest BCUT2D eigenvalue weighted by atomic mass is 10.1. The van der Waals surface area contributed by atoms with E-state index >= 15 is 0 Å². The van der Waals surface area contributed by atoms with Gasteiger partial charge in [0.05, 0.1) is 22.9 Å². The molecular weight excluding hydrogens is 356 g/mol. The SMILES string of the molecule is CN(CCO)c1ccc(/N=N/c2ccc(-c3ccc([N+](=O)[O-])cc3)cc2)cc1. The highest BCUT2D eigenvalue weighted by molar-refractivity contribution is 5.66. The van der Waals surface area contributed by atoms with Gasteiger partial charge in [-0.15, -0.1) is 0 Å². The number of aliphatic hydroxyl groups excluding tert-OH is 1. The van der Waals surface area contributed by atoms with Gasteiger partial charge >= 0.3 is 0 Å². The second kappa shape index (κ2) is 8.88. The van der Waals surface area contributed by atoms with Crippen LogP contribution in [0, 0.1) is 10.1 Å². The predicted octanol–water partition coefficient (Wildman–Crippen LogP) is 5.11. The van der Waals surface area contributed by atoms with Crippen molar-refractivity contribution >= 4 is 22.7 Å². The zero-order valence-corrected chi connectivity index (χ0v) is 15.4. The molecule has 0 spiro atoms. The van der Waals surface area contributed by atoms with E-state index in [1.165, 1.54) is 12.1 Å². The third-order valence-electron chi connectivity index (χ3n) is 4.29. The maximum atomic E-state index is 10.7. The van der Waals surface area contributed by atoms with Crippen LogP contribution >= 0.6 is 0 Å². The van der Waals surface area contributed by atoms with Gasteiger partial charge in [0.2, 0.25) is 0 Å². The maximum Gasteiger partial charge on any atom is 0.269 e. The number of benzene rings is 3. The molecule has 1 N–H and O–H groups in total. The standard InChI is InChI=1S/C21H20N4O3/c1-24(14-15-26)20-12-8-19(9-13-20)23-22-18-6-2-16(3-7-18)17-4-10-21(11-5-17)25(27)28/h2-13,26H,14-15H2,1H3/b23-22+. The lowest BCUT2D eigenvalue weighted by molar-refractivity contribution is -0.384. The molecule has 0 bridgehead atoms. The molecule has 0 aliphatic rings. The molecule has 0 radical (unpaired) electrons. The number of non-ortho nitro benzene ring substituents is 1. The minimum absolute atomic E-state index is 0.0720. The lowest BCUT2D eigenvalue weighted by Gasteiger charge is -2.17. The second-order valence-electron chi connectivity index (χ2n) is 6.21. The molecule has 3 rings (SSSR count). The van der Waals surface area contributed by atoms with Gasteiger partial charge in [-0.05, 0) is 59.7 Å². The van der Waals surface area contributed by atoms with Crippen molar-refractivity contribution in [2.45, 2.75) is 0 Å². The summed E-state index contributed by atoms with van der Waals surface area (Å²) in [5.41, 5.74) is 4.37. The number of nitro groups is 1. The summed E-state index contributed by atoms with van der Waals surface area (Å²) in [4.78, 5) is 12.3. The molecule has 142 valence electrons. The van der Waals surface area contributed by atoms with Gasteiger partial charge in [-0.2, -0.15) is 10.2 Å². The van der Waals surface area contributed by atoms with Gasteiger partial charge in [-0.25, -0.2) is 0 Å². The van der Waals surface area contributed by atoms with E-state index < -0.39 is 4.92 Å². The highest BCUT2D eigenvalue weighted by atomic mass is 16.6. The van der Waals surface area contributed by atoms with E-state index in [1.54, 1.807) is 12.1 Å². The zero-order valence-electron chi connectivity index (χ0n) is 15.4. The van der Waals surface area contributed by atoms with Crippen molar-refractivity contribution < 1.29 is 10.0 Å². The normalized spacial score (nSPS) is 10.9. The van der Waals surface area contributed by atoms with Gasteiger partial charge in [0.15, 0.2) is 0 Å². The summed E-state index contributed by atoms with van der Waals surface area (Å²) in [6, 6.07) is 21.6. The quantitative estimate of drug-likeness (QED) is 0.352. The first-order chi connectivity index (χ1) is 13.6. The summed E-state index contributed by atoms with van der Waals surface area (Å²) in [5, 5.41) is 28.2. The smallest absolute Gasteiger partial charge is 0.269 e. The number of rotatable bonds is 7. The van der Waals surface area contributed by atoms with Crippen molar-refractivity contribution in [3.8, 4) is 11.1 Å². The highest BCUT2D eigenvalue weighted by Crippen LogP contribution is 2.26. The van der Waals surface area contributed by atoms with E-state index in [0.29, 0.717) is 12.2 Å². The number of nitrogens with zero attached hydrogens (tertiary/aromatic N) is 4. The number of anilines is 1. The van der Waals surface area contributed by atoms with Crippen LogP contribution in [0.15, 0.2) is 83.0 Å². The minimum Gasteiger partial charge on any atom is -0.395 e. The fraction of sp³-hybridized carbons (Fsp3) is 0.143. The molecule has 3 aromatic rings. The molecule has 0 aromatic heterocycles. The lowest BCUT2D eigenvalue weighted by Crippen LogP contribution is -2.20. The monoisotopic (exact) mass is 376 g/mol. The van der Waals surface area contributed by atoms with E-state index in [1.807, 2.05) is 60.5 Å². The highest BCUT2D eigenvalue weighted by Gasteiger charge is 2.05. The Morgan fingerprint density at radius 3 is 1.79 bits per heavy atom. The number of hydrogen-bond acceptors (Lipinski definition) is 6. The first kappa shape index (κ1) is 19.2. The zero-order chi connectivity index (χ0) is 19.9. The van der Waals surface area contributed by atoms with Crippen LogP contribution in [0.5, 0.6) is 0 Å². The van der Waals surface area contributed by atoms with E-state index in [4.69, 9.17) is 5.11 Å². The topological polar surface area (TPSA) is 91.3 Å². The van der Waals surface area contributed by atoms with E-state index in [0.717, 1.165) is 22.5 Å². The average Bonchev–Trinajstić information content (AvgIpc) is 2.73. The molecule has 0 fully saturated rings. The van der Waals surface area contributed by atoms with Crippen molar-refractivity contribution in [1.82, 2.24) is 0 Å². The van der Waals surface area contributed by atoms with E-state index in [2.05, 4.69) is 10.2 Å². The van der Waals surface area contributed by atoms with Crippen molar-refractivity contribution in [2.24, 2.45) is 10.2 Å². The van der Waals surface area contributed by atoms with Crippen molar-refractivity contribution in [1.29, 1.82) is 0 Å². The Bertz CT molecular complexity index is 952. The van der Waals surface area contributed by atoms with Crippen molar-refractivity contribution in [3.05, 3.63) is 82.9 Å². The number of nitro benzene ring substituents is 1. The molecular formula is C21H20N4O3. The maximum absolute atomic E-state index is 10.7. The molecule has 0 saturated carbocycles. The second-order valence-corrected chi connectivity index (χ2v) is 6.21. The molecule has 28 heavy (non-hydrogen) atoms. The first-order valence-electron chi connectivity index (χ1n) is 8.75. The fourth-order valence-electron chi connectivity index (χ4n) is 2.66. The number of aliphatic hydroxyl groups is 1. The third-order valence-corrected chi connectivity index (χ3v) is 4.29. The van der Waals surface area contributed by atoms with Gasteiger partial charge in [-0.3, -0.25) is 10.1 Å². The summed E-state index contributed by atoms with van der Waals surface area (Å²) < 4.78 is 0. The van der Waals surface area contributed by atoms with Gasteiger partial charge in [-0.1, -0.05) is 12.1 Å². The summed E-state index contributed by atoms with van der Waals surface area (Å²) >= 11 is 0. The van der Waals surface area contributed by atoms with Crippen LogP contribution in [-0.4, -0.2) is 30.2 Å². The van der Waals surface area contributed by atoms with Crippen molar-refractivity contribution in [3.63, 3.8) is 0 Å². The van der Waals surface area contributed by atoms with Gasteiger partial charge in [0.25, 0.3) is 5.69 Å². The van der Waals surface area contributed by atoms with Crippen molar-refractivity contribution in [2.75, 3.05) is 25.1 Å². The molecule has 0 saturated heterocycles. The molecule has 0 atom stereocenters. The predicted molar refractivity (Wildman–Crippen MR) is 110 cm³/mol. The Morgan fingerprint density at radius 2 is 1.32 bits per heavy atom. The number of azo groups is 1. The van der Waals surface area contributed by atoms with Crippen LogP contribution in [0.2, 0.25) is 0 Å². The van der Waals surface area contributed by atoms with Gasteiger partial charge in [0.1, 0.15) is 0 Å². The molecule has 0 unspecified atom stereocenters. The molecule has 7 nitrogen and oxygen atoms in total. The van der Waals surface area contributed by atoms with Crippen LogP contribution in [-0.2, 0) is 0 Å². The Balaban J connectivity index is 1.67. The van der Waals surface area contributed by atoms with Gasteiger partial charge < -0.3 is 10.0 Å². The van der Waals surface area contributed by atoms with Crippen LogP contribution in [0.25, 0.3) is 11.1 Å². The Morgan fingerprint density at radius 1 is 0.857 bits per heavy atom. The molecule has 7 heteroatoms. The third kappa shape index (κ3) is 4.77. The molecule has 0 aliphatic carbocycles. The summed E-state index contributed by atoms with van der Waals surface area (Å²) in [7, 11) is 1.92. The molecule has 0 heterocycles. The Kier molecular flexibility index (Phi) is 6.08. The van der Waals surface area contributed by atoms with E-state index in [-0.39, 0.29) is 12.3 Å². The Hall–Kier alpha value is -3.58. The van der Waals surface area contributed by atoms with Crippen LogP contribution < -0.4 is 4.90 Å². The van der Waals surface area contributed by atoms with Crippen LogP contribution in [0.3, 0.4) is 0 Å². The first-order valence-corrected chi connectivity index (χ1v) is 8.75. The Labute approximate surface area is 162 Å². The summed E-state index contributed by atoms with van der Waals surface area (Å²) in [6.07, 6.45) is 0. The van der Waals surface area contributed by atoms with E-state index in [9.17, 15) is 10.1 Å². The van der Waals surface area contributed by atoms with Gasteiger partial charge in [0, 0.05) is 31.4 Å². The largest absolute Gasteiger partial charge is 0.395 e. The molecule has 0 aliphatic heterocycles. The summed E-state index contributed by atoms with van der Waals surface area (Å²) in [5.74, 6) is 0. The molecule has 0 amide bonds. The van der Waals surface area contributed by atoms with Crippen LogP contribution in [0.1, 0.15) is 0 Å².